The van der Waals surface area contributed by atoms with Crippen LogP contribution < -0.4 is 4.74 Å². The molecule has 1 aromatic rings. The number of aliphatic carboxylic acids is 1. The quantitative estimate of drug-likeness (QED) is 0.868. The molecule has 2 aliphatic rings. The van der Waals surface area contributed by atoms with Crippen LogP contribution >= 0.6 is 0 Å². The van der Waals surface area contributed by atoms with Crippen LogP contribution in [-0.2, 0) is 4.79 Å². The molecule has 90 valence electrons. The number of hydrogen-bond acceptors (Lipinski definition) is 2. The SMILES string of the molecule is O=C(O)C1CCC1c1ccc(OC2CC2)cc1. The van der Waals surface area contributed by atoms with E-state index in [0.29, 0.717) is 6.10 Å². The first-order chi connectivity index (χ1) is 8.24. The molecule has 2 atom stereocenters. The molecule has 1 aromatic carbocycles. The Balaban J connectivity index is 1.68. The molecular weight excluding hydrogens is 216 g/mol. The summed E-state index contributed by atoms with van der Waals surface area (Å²) in [6.07, 6.45) is 4.52. The van der Waals surface area contributed by atoms with E-state index in [-0.39, 0.29) is 11.8 Å². The lowest BCUT2D eigenvalue weighted by molar-refractivity contribution is -0.145. The van der Waals surface area contributed by atoms with E-state index in [1.165, 1.54) is 0 Å². The summed E-state index contributed by atoms with van der Waals surface area (Å²) in [5, 5.41) is 9.02. The maximum Gasteiger partial charge on any atom is 0.307 e. The molecule has 3 nitrogen and oxygen atoms in total. The van der Waals surface area contributed by atoms with Crippen molar-refractivity contribution in [3.63, 3.8) is 0 Å². The Kier molecular flexibility index (Phi) is 2.54. The van der Waals surface area contributed by atoms with E-state index in [9.17, 15) is 4.79 Å². The van der Waals surface area contributed by atoms with Gasteiger partial charge in [0, 0.05) is 0 Å². The first-order valence-electron chi connectivity index (χ1n) is 6.23. The van der Waals surface area contributed by atoms with Crippen LogP contribution in [0.5, 0.6) is 5.75 Å². The molecule has 17 heavy (non-hydrogen) atoms. The second kappa shape index (κ2) is 4.06. The van der Waals surface area contributed by atoms with Crippen LogP contribution in [0.2, 0.25) is 0 Å². The minimum Gasteiger partial charge on any atom is -0.490 e. The number of benzene rings is 1. The van der Waals surface area contributed by atoms with Crippen LogP contribution in [0.1, 0.15) is 37.2 Å². The van der Waals surface area contributed by atoms with Gasteiger partial charge in [-0.1, -0.05) is 12.1 Å². The van der Waals surface area contributed by atoms with Gasteiger partial charge in [0.2, 0.25) is 0 Å². The summed E-state index contributed by atoms with van der Waals surface area (Å²) < 4.78 is 5.67. The molecule has 0 amide bonds. The van der Waals surface area contributed by atoms with Crippen LogP contribution in [0.15, 0.2) is 24.3 Å². The van der Waals surface area contributed by atoms with Crippen molar-refractivity contribution in [2.24, 2.45) is 5.92 Å². The molecule has 0 saturated heterocycles. The standard InChI is InChI=1S/C14H16O3/c15-14(16)13-8-7-12(13)9-1-3-10(4-2-9)17-11-5-6-11/h1-4,11-13H,5-8H2,(H,15,16). The predicted molar refractivity (Wildman–Crippen MR) is 63.2 cm³/mol. The Morgan fingerprint density at radius 3 is 2.29 bits per heavy atom. The van der Waals surface area contributed by atoms with Gasteiger partial charge in [-0.2, -0.15) is 0 Å². The Morgan fingerprint density at radius 1 is 1.12 bits per heavy atom. The average Bonchev–Trinajstić information content (AvgIpc) is 3.02. The lowest BCUT2D eigenvalue weighted by Crippen LogP contribution is -2.30. The normalized spacial score (nSPS) is 27.3. The van der Waals surface area contributed by atoms with Crippen molar-refractivity contribution in [2.45, 2.75) is 37.7 Å². The predicted octanol–water partition coefficient (Wildman–Crippen LogP) is 2.81. The molecule has 3 heteroatoms. The fourth-order valence-corrected chi connectivity index (χ4v) is 2.37. The van der Waals surface area contributed by atoms with E-state index >= 15 is 0 Å². The van der Waals surface area contributed by atoms with Gasteiger partial charge < -0.3 is 9.84 Å². The zero-order valence-electron chi connectivity index (χ0n) is 9.63. The largest absolute Gasteiger partial charge is 0.490 e. The molecule has 2 aliphatic carbocycles. The van der Waals surface area contributed by atoms with Crippen molar-refractivity contribution < 1.29 is 14.6 Å². The van der Waals surface area contributed by atoms with Gasteiger partial charge in [-0.05, 0) is 49.3 Å². The molecule has 0 bridgehead atoms. The zero-order valence-corrected chi connectivity index (χ0v) is 9.63. The van der Waals surface area contributed by atoms with E-state index in [4.69, 9.17) is 9.84 Å². The van der Waals surface area contributed by atoms with Crippen molar-refractivity contribution in [1.82, 2.24) is 0 Å². The van der Waals surface area contributed by atoms with Crippen molar-refractivity contribution >= 4 is 5.97 Å². The van der Waals surface area contributed by atoms with Crippen molar-refractivity contribution in [3.05, 3.63) is 29.8 Å². The van der Waals surface area contributed by atoms with E-state index in [2.05, 4.69) is 0 Å². The fraction of sp³-hybridized carbons (Fsp3) is 0.500. The smallest absolute Gasteiger partial charge is 0.307 e. The summed E-state index contributed by atoms with van der Waals surface area (Å²) in [6, 6.07) is 7.95. The third-order valence-electron chi connectivity index (χ3n) is 3.73. The lowest BCUT2D eigenvalue weighted by atomic mass is 9.70. The van der Waals surface area contributed by atoms with Gasteiger partial charge in [-0.25, -0.2) is 0 Å². The highest BCUT2D eigenvalue weighted by atomic mass is 16.5. The monoisotopic (exact) mass is 232 g/mol. The number of carboxylic acid groups (broad SMARTS) is 1. The maximum atomic E-state index is 11.0. The Bertz CT molecular complexity index is 420. The molecule has 0 heterocycles. The average molecular weight is 232 g/mol. The highest BCUT2D eigenvalue weighted by Crippen LogP contribution is 2.43. The Labute approximate surface area is 100 Å². The minimum atomic E-state index is -0.667. The number of carbonyl (C=O) groups is 1. The fourth-order valence-electron chi connectivity index (χ4n) is 2.37. The Hall–Kier alpha value is -1.51. The first kappa shape index (κ1) is 10.6. The summed E-state index contributed by atoms with van der Waals surface area (Å²) in [5.74, 6) is 0.245. The molecule has 2 unspecified atom stereocenters. The van der Waals surface area contributed by atoms with E-state index in [1.54, 1.807) is 0 Å². The molecule has 0 aromatic heterocycles. The van der Waals surface area contributed by atoms with Crippen molar-refractivity contribution in [1.29, 1.82) is 0 Å². The van der Waals surface area contributed by atoms with Crippen molar-refractivity contribution in [3.8, 4) is 5.75 Å². The van der Waals surface area contributed by atoms with Crippen LogP contribution in [0.3, 0.4) is 0 Å². The number of carboxylic acids is 1. The topological polar surface area (TPSA) is 46.5 Å². The highest BCUT2D eigenvalue weighted by Gasteiger charge is 2.37. The minimum absolute atomic E-state index is 0.190. The number of rotatable bonds is 4. The lowest BCUT2D eigenvalue weighted by Gasteiger charge is -2.33. The summed E-state index contributed by atoms with van der Waals surface area (Å²) >= 11 is 0. The van der Waals surface area contributed by atoms with Gasteiger partial charge in [-0.15, -0.1) is 0 Å². The molecule has 0 spiro atoms. The van der Waals surface area contributed by atoms with Gasteiger partial charge in [0.25, 0.3) is 0 Å². The van der Waals surface area contributed by atoms with Gasteiger partial charge in [-0.3, -0.25) is 4.79 Å². The molecule has 2 fully saturated rings. The second-order valence-corrected chi connectivity index (χ2v) is 5.01. The molecule has 2 saturated carbocycles. The third kappa shape index (κ3) is 2.14. The summed E-state index contributed by atoms with van der Waals surface area (Å²) in [7, 11) is 0. The van der Waals surface area contributed by atoms with Crippen molar-refractivity contribution in [2.75, 3.05) is 0 Å². The van der Waals surface area contributed by atoms with Crippen LogP contribution in [0, 0.1) is 5.92 Å². The molecule has 0 radical (unpaired) electrons. The summed E-state index contributed by atoms with van der Waals surface area (Å²) in [4.78, 5) is 11.0. The van der Waals surface area contributed by atoms with Gasteiger partial charge in [0.15, 0.2) is 0 Å². The molecule has 0 aliphatic heterocycles. The second-order valence-electron chi connectivity index (χ2n) is 5.01. The highest BCUT2D eigenvalue weighted by molar-refractivity contribution is 5.72. The summed E-state index contributed by atoms with van der Waals surface area (Å²) in [6.45, 7) is 0. The van der Waals surface area contributed by atoms with E-state index in [0.717, 1.165) is 37.0 Å². The van der Waals surface area contributed by atoms with Crippen LogP contribution in [0.25, 0.3) is 0 Å². The molecule has 3 rings (SSSR count). The molecule has 1 N–H and O–H groups in total. The summed E-state index contributed by atoms with van der Waals surface area (Å²) in [5.41, 5.74) is 1.13. The maximum absolute atomic E-state index is 11.0. The van der Waals surface area contributed by atoms with Crippen LogP contribution in [-0.4, -0.2) is 17.2 Å². The first-order valence-corrected chi connectivity index (χ1v) is 6.23. The zero-order chi connectivity index (χ0) is 11.8. The van der Waals surface area contributed by atoms with E-state index < -0.39 is 5.97 Å². The van der Waals surface area contributed by atoms with Gasteiger partial charge in [0.05, 0.1) is 12.0 Å². The number of hydrogen-bond donors (Lipinski definition) is 1. The van der Waals surface area contributed by atoms with Gasteiger partial charge >= 0.3 is 5.97 Å². The van der Waals surface area contributed by atoms with E-state index in [1.807, 2.05) is 24.3 Å². The van der Waals surface area contributed by atoms with Crippen LogP contribution in [0.4, 0.5) is 0 Å². The number of ether oxygens (including phenoxy) is 1. The molecular formula is C14H16O3. The van der Waals surface area contributed by atoms with Gasteiger partial charge in [0.1, 0.15) is 5.75 Å². The Morgan fingerprint density at radius 2 is 1.82 bits per heavy atom. The third-order valence-corrected chi connectivity index (χ3v) is 3.73.